The largest absolute Gasteiger partial charge is 0.355 e. The maximum Gasteiger partial charge on any atom is 0.237 e. The van der Waals surface area contributed by atoms with Gasteiger partial charge in [0.05, 0.1) is 23.6 Å². The van der Waals surface area contributed by atoms with Gasteiger partial charge in [0.25, 0.3) is 0 Å². The van der Waals surface area contributed by atoms with E-state index in [1.165, 1.54) is 0 Å². The molecule has 2 N–H and O–H groups in total. The summed E-state index contributed by atoms with van der Waals surface area (Å²) in [5, 5.41) is 6.33. The van der Waals surface area contributed by atoms with E-state index in [-0.39, 0.29) is 11.9 Å². The van der Waals surface area contributed by atoms with Crippen molar-refractivity contribution in [2.75, 3.05) is 6.54 Å². The van der Waals surface area contributed by atoms with Crippen LogP contribution in [0.1, 0.15) is 32.0 Å². The fourth-order valence-electron chi connectivity index (χ4n) is 2.96. The minimum Gasteiger partial charge on any atom is -0.355 e. The van der Waals surface area contributed by atoms with E-state index in [9.17, 15) is 4.79 Å². The van der Waals surface area contributed by atoms with E-state index >= 15 is 0 Å². The van der Waals surface area contributed by atoms with Gasteiger partial charge in [-0.3, -0.25) is 10.1 Å². The molecule has 21 heavy (non-hydrogen) atoms. The van der Waals surface area contributed by atoms with Crippen molar-refractivity contribution in [3.05, 3.63) is 30.1 Å². The Balaban J connectivity index is 1.76. The Morgan fingerprint density at radius 1 is 1.38 bits per heavy atom. The number of rotatable bonds is 4. The zero-order valence-corrected chi connectivity index (χ0v) is 12.4. The van der Waals surface area contributed by atoms with Crippen molar-refractivity contribution in [2.45, 2.75) is 45.3 Å². The van der Waals surface area contributed by atoms with E-state index in [1.54, 1.807) is 0 Å². The number of hydrogen-bond acceptors (Lipinski definition) is 3. The molecule has 1 unspecified atom stereocenters. The van der Waals surface area contributed by atoms with Gasteiger partial charge in [0.1, 0.15) is 5.82 Å². The summed E-state index contributed by atoms with van der Waals surface area (Å²) >= 11 is 0. The van der Waals surface area contributed by atoms with Gasteiger partial charge in [-0.2, -0.15) is 0 Å². The molecule has 5 nitrogen and oxygen atoms in total. The van der Waals surface area contributed by atoms with Crippen LogP contribution in [0, 0.1) is 0 Å². The number of aryl methyl sites for hydroxylation is 1. The smallest absolute Gasteiger partial charge is 0.237 e. The second kappa shape index (κ2) is 6.26. The second-order valence-electron chi connectivity index (χ2n) is 5.48. The lowest BCUT2D eigenvalue weighted by Crippen LogP contribution is -2.42. The quantitative estimate of drug-likeness (QED) is 0.901. The van der Waals surface area contributed by atoms with Crippen LogP contribution in [0.25, 0.3) is 11.0 Å². The van der Waals surface area contributed by atoms with Gasteiger partial charge in [-0.1, -0.05) is 12.1 Å². The van der Waals surface area contributed by atoms with Gasteiger partial charge in [0.2, 0.25) is 5.91 Å². The third-order valence-electron chi connectivity index (χ3n) is 4.09. The number of hydrogen-bond donors (Lipinski definition) is 2. The van der Waals surface area contributed by atoms with Crippen molar-refractivity contribution in [1.29, 1.82) is 0 Å². The Kier molecular flexibility index (Phi) is 4.20. The normalized spacial score (nSPS) is 19.5. The van der Waals surface area contributed by atoms with Crippen molar-refractivity contribution < 1.29 is 4.79 Å². The van der Waals surface area contributed by atoms with E-state index in [4.69, 9.17) is 0 Å². The highest BCUT2D eigenvalue weighted by Gasteiger charge is 2.20. The highest BCUT2D eigenvalue weighted by Crippen LogP contribution is 2.16. The van der Waals surface area contributed by atoms with Crippen molar-refractivity contribution in [3.8, 4) is 0 Å². The molecule has 1 atom stereocenters. The highest BCUT2D eigenvalue weighted by atomic mass is 16.2. The van der Waals surface area contributed by atoms with Crippen LogP contribution in [0.4, 0.5) is 0 Å². The van der Waals surface area contributed by atoms with Crippen LogP contribution < -0.4 is 10.6 Å². The SMILES string of the molecule is CCn1c(CNC2CCCCNC2=O)nc2ccccc21. The number of aromatic nitrogens is 2. The molecule has 0 aliphatic carbocycles. The summed E-state index contributed by atoms with van der Waals surface area (Å²) < 4.78 is 2.21. The molecular formula is C16H22N4O. The molecule has 1 amide bonds. The average Bonchev–Trinajstić information content (AvgIpc) is 2.73. The van der Waals surface area contributed by atoms with Crippen LogP contribution in [0.3, 0.4) is 0 Å². The van der Waals surface area contributed by atoms with E-state index < -0.39 is 0 Å². The molecule has 112 valence electrons. The molecule has 1 saturated heterocycles. The maximum absolute atomic E-state index is 12.0. The first-order valence-electron chi connectivity index (χ1n) is 7.75. The highest BCUT2D eigenvalue weighted by molar-refractivity contribution is 5.82. The van der Waals surface area contributed by atoms with E-state index in [0.29, 0.717) is 6.54 Å². The Morgan fingerprint density at radius 2 is 2.24 bits per heavy atom. The third-order valence-corrected chi connectivity index (χ3v) is 4.09. The molecular weight excluding hydrogens is 264 g/mol. The fraction of sp³-hybridized carbons (Fsp3) is 0.500. The van der Waals surface area contributed by atoms with Gasteiger partial charge in [-0.25, -0.2) is 4.98 Å². The zero-order chi connectivity index (χ0) is 14.7. The van der Waals surface area contributed by atoms with Crippen molar-refractivity contribution in [2.24, 2.45) is 0 Å². The average molecular weight is 286 g/mol. The summed E-state index contributed by atoms with van der Waals surface area (Å²) in [6.45, 7) is 4.43. The summed E-state index contributed by atoms with van der Waals surface area (Å²) in [6, 6.07) is 8.06. The molecule has 2 aromatic rings. The number of amides is 1. The Labute approximate surface area is 124 Å². The molecule has 1 aromatic carbocycles. The van der Waals surface area contributed by atoms with Crippen LogP contribution in [-0.2, 0) is 17.9 Å². The molecule has 1 aliphatic rings. The van der Waals surface area contributed by atoms with Crippen molar-refractivity contribution in [3.63, 3.8) is 0 Å². The number of nitrogens with zero attached hydrogens (tertiary/aromatic N) is 2. The molecule has 1 aromatic heterocycles. The number of imidazole rings is 1. The molecule has 0 radical (unpaired) electrons. The van der Waals surface area contributed by atoms with Crippen LogP contribution in [0.5, 0.6) is 0 Å². The minimum absolute atomic E-state index is 0.0994. The molecule has 1 fully saturated rings. The molecule has 5 heteroatoms. The first-order valence-corrected chi connectivity index (χ1v) is 7.75. The summed E-state index contributed by atoms with van der Waals surface area (Å²) in [7, 11) is 0. The summed E-state index contributed by atoms with van der Waals surface area (Å²) in [4.78, 5) is 16.6. The molecule has 0 spiro atoms. The molecule has 3 rings (SSSR count). The number of carbonyl (C=O) groups excluding carboxylic acids is 1. The lowest BCUT2D eigenvalue weighted by molar-refractivity contribution is -0.122. The van der Waals surface area contributed by atoms with Crippen molar-refractivity contribution in [1.82, 2.24) is 20.2 Å². The fourth-order valence-corrected chi connectivity index (χ4v) is 2.96. The van der Waals surface area contributed by atoms with E-state index in [2.05, 4.69) is 33.2 Å². The number of fused-ring (bicyclic) bond motifs is 1. The summed E-state index contributed by atoms with van der Waals surface area (Å²) in [6.07, 6.45) is 3.05. The van der Waals surface area contributed by atoms with Crippen molar-refractivity contribution >= 4 is 16.9 Å². The Bertz CT molecular complexity index is 634. The standard InChI is InChI=1S/C16H22N4O/c1-2-20-14-9-4-3-7-12(14)19-15(20)11-18-13-8-5-6-10-17-16(13)21/h3-4,7,9,13,18H,2,5-6,8,10-11H2,1H3,(H,17,21). The van der Waals surface area contributed by atoms with Gasteiger partial charge in [0, 0.05) is 13.1 Å². The van der Waals surface area contributed by atoms with Gasteiger partial charge in [-0.05, 0) is 38.3 Å². The van der Waals surface area contributed by atoms with Gasteiger partial charge < -0.3 is 9.88 Å². The van der Waals surface area contributed by atoms with Crippen LogP contribution in [-0.4, -0.2) is 28.0 Å². The van der Waals surface area contributed by atoms with Gasteiger partial charge in [0.15, 0.2) is 0 Å². The number of benzene rings is 1. The van der Waals surface area contributed by atoms with Crippen LogP contribution >= 0.6 is 0 Å². The summed E-state index contributed by atoms with van der Waals surface area (Å²) in [5.74, 6) is 1.11. The number of carbonyl (C=O) groups is 1. The van der Waals surface area contributed by atoms with E-state index in [0.717, 1.165) is 49.2 Å². The Hall–Kier alpha value is -1.88. The lowest BCUT2D eigenvalue weighted by Gasteiger charge is -2.15. The first-order chi connectivity index (χ1) is 10.3. The number of para-hydroxylation sites is 2. The lowest BCUT2D eigenvalue weighted by atomic mass is 10.1. The van der Waals surface area contributed by atoms with Crippen LogP contribution in [0.2, 0.25) is 0 Å². The molecule has 2 heterocycles. The molecule has 1 aliphatic heterocycles. The zero-order valence-electron chi connectivity index (χ0n) is 12.4. The summed E-state index contributed by atoms with van der Waals surface area (Å²) in [5.41, 5.74) is 2.17. The van der Waals surface area contributed by atoms with Crippen LogP contribution in [0.15, 0.2) is 24.3 Å². The predicted octanol–water partition coefficient (Wildman–Crippen LogP) is 1.81. The molecule has 0 saturated carbocycles. The van der Waals surface area contributed by atoms with Gasteiger partial charge in [-0.15, -0.1) is 0 Å². The Morgan fingerprint density at radius 3 is 3.10 bits per heavy atom. The number of nitrogens with one attached hydrogen (secondary N) is 2. The monoisotopic (exact) mass is 286 g/mol. The topological polar surface area (TPSA) is 59.0 Å². The predicted molar refractivity (Wildman–Crippen MR) is 82.9 cm³/mol. The van der Waals surface area contributed by atoms with Gasteiger partial charge >= 0.3 is 0 Å². The minimum atomic E-state index is -0.0994. The second-order valence-corrected chi connectivity index (χ2v) is 5.48. The molecule has 0 bridgehead atoms. The maximum atomic E-state index is 12.0. The third kappa shape index (κ3) is 2.93. The first kappa shape index (κ1) is 14.1. The van der Waals surface area contributed by atoms with E-state index in [1.807, 2.05) is 18.2 Å².